The topological polar surface area (TPSA) is 93.1 Å². The Kier molecular flexibility index (Phi) is 4.95. The first-order valence-corrected chi connectivity index (χ1v) is 10.9. The Morgan fingerprint density at radius 3 is 2.26 bits per heavy atom. The number of anilines is 1. The van der Waals surface area contributed by atoms with Crippen LogP contribution in [0, 0.1) is 0 Å². The van der Waals surface area contributed by atoms with Gasteiger partial charge in [0.2, 0.25) is 0 Å². The van der Waals surface area contributed by atoms with Crippen LogP contribution >= 0.6 is 0 Å². The summed E-state index contributed by atoms with van der Waals surface area (Å²) in [6.07, 6.45) is 1.89. The Hall–Kier alpha value is -2.90. The molecule has 1 saturated carbocycles. The highest BCUT2D eigenvalue weighted by molar-refractivity contribution is 5.95. The van der Waals surface area contributed by atoms with E-state index in [4.69, 9.17) is 0 Å². The van der Waals surface area contributed by atoms with Gasteiger partial charge in [-0.2, -0.15) is 0 Å². The lowest BCUT2D eigenvalue weighted by Gasteiger charge is -2.35. The molecule has 3 aliphatic rings. The van der Waals surface area contributed by atoms with Gasteiger partial charge in [-0.05, 0) is 60.2 Å². The third kappa shape index (κ3) is 3.79. The molecule has 1 saturated heterocycles. The number of benzene rings is 2. The van der Waals surface area contributed by atoms with Crippen molar-refractivity contribution in [3.05, 3.63) is 53.6 Å². The smallest absolute Gasteiger partial charge is 0.254 e. The molecule has 31 heavy (non-hydrogen) atoms. The highest BCUT2D eigenvalue weighted by Crippen LogP contribution is 2.37. The van der Waals surface area contributed by atoms with Crippen molar-refractivity contribution in [3.63, 3.8) is 0 Å². The second-order valence-corrected chi connectivity index (χ2v) is 8.79. The molecule has 0 radical (unpaired) electrons. The van der Waals surface area contributed by atoms with Crippen LogP contribution in [0.4, 0.5) is 5.69 Å². The van der Waals surface area contributed by atoms with Crippen LogP contribution in [0.5, 0.6) is 0 Å². The molecule has 1 atom stereocenters. The summed E-state index contributed by atoms with van der Waals surface area (Å²) >= 11 is 0. The van der Waals surface area contributed by atoms with E-state index < -0.39 is 5.60 Å². The molecular formula is C24H27N3O4. The van der Waals surface area contributed by atoms with Gasteiger partial charge in [-0.1, -0.05) is 18.2 Å². The summed E-state index contributed by atoms with van der Waals surface area (Å²) in [6, 6.07) is 13.9. The maximum absolute atomic E-state index is 12.9. The van der Waals surface area contributed by atoms with Gasteiger partial charge in [0.15, 0.2) is 0 Å². The monoisotopic (exact) mass is 421 g/mol. The fraction of sp³-hybridized carbons (Fsp3) is 0.417. The maximum atomic E-state index is 12.9. The van der Waals surface area contributed by atoms with Crippen molar-refractivity contribution in [2.45, 2.75) is 30.9 Å². The molecule has 1 aliphatic carbocycles. The van der Waals surface area contributed by atoms with E-state index in [1.165, 1.54) is 5.56 Å². The molecule has 2 aliphatic heterocycles. The van der Waals surface area contributed by atoms with Crippen molar-refractivity contribution in [2.75, 3.05) is 38.1 Å². The first-order chi connectivity index (χ1) is 15.0. The van der Waals surface area contributed by atoms with E-state index in [1.807, 2.05) is 36.4 Å². The van der Waals surface area contributed by atoms with Gasteiger partial charge < -0.3 is 25.3 Å². The third-order valence-electron chi connectivity index (χ3n) is 6.59. The van der Waals surface area contributed by atoms with Gasteiger partial charge in [0.1, 0.15) is 5.60 Å². The fourth-order valence-electron chi connectivity index (χ4n) is 4.46. The van der Waals surface area contributed by atoms with Gasteiger partial charge >= 0.3 is 0 Å². The third-order valence-corrected chi connectivity index (χ3v) is 6.59. The van der Waals surface area contributed by atoms with E-state index in [2.05, 4.69) is 11.4 Å². The predicted octanol–water partition coefficient (Wildman–Crippen LogP) is 1.49. The van der Waals surface area contributed by atoms with Crippen LogP contribution in [0.2, 0.25) is 0 Å². The zero-order chi connectivity index (χ0) is 21.6. The lowest BCUT2D eigenvalue weighted by Crippen LogP contribution is -2.53. The molecule has 2 amide bonds. The lowest BCUT2D eigenvalue weighted by atomic mass is 9.99. The summed E-state index contributed by atoms with van der Waals surface area (Å²) in [4.78, 5) is 28.6. The summed E-state index contributed by atoms with van der Waals surface area (Å²) in [7, 11) is 0. The van der Waals surface area contributed by atoms with Crippen LogP contribution in [-0.4, -0.2) is 76.3 Å². The van der Waals surface area contributed by atoms with Crippen LogP contribution in [0.1, 0.15) is 28.8 Å². The molecule has 2 fully saturated rings. The molecule has 0 bridgehead atoms. The standard InChI is InChI=1S/C24H27N3O4/c28-15-20-14-19-13-18(5-6-21(19)25-20)16-1-3-17(4-2-16)22(29)26-9-11-27(12-10-26)23(30)24(31)7-8-24/h1-6,13,20,25,28,31H,7-12,14-15H2. The molecule has 0 aromatic heterocycles. The highest BCUT2D eigenvalue weighted by Gasteiger charge is 2.50. The molecular weight excluding hydrogens is 394 g/mol. The quantitative estimate of drug-likeness (QED) is 0.696. The van der Waals surface area contributed by atoms with Crippen LogP contribution in [0.25, 0.3) is 11.1 Å². The number of carbonyl (C=O) groups excluding carboxylic acids is 2. The molecule has 5 rings (SSSR count). The van der Waals surface area contributed by atoms with Gasteiger partial charge in [-0.15, -0.1) is 0 Å². The SMILES string of the molecule is O=C(c1ccc(-c2ccc3c(c2)CC(CO)N3)cc1)N1CCN(C(=O)C2(O)CC2)CC1. The number of fused-ring (bicyclic) bond motifs is 1. The average Bonchev–Trinajstić information content (AvgIpc) is 3.43. The van der Waals surface area contributed by atoms with E-state index in [1.54, 1.807) is 9.80 Å². The van der Waals surface area contributed by atoms with Gasteiger partial charge in [0.05, 0.1) is 12.6 Å². The van der Waals surface area contributed by atoms with Crippen molar-refractivity contribution < 1.29 is 19.8 Å². The second kappa shape index (κ2) is 7.66. The number of nitrogens with one attached hydrogen (secondary N) is 1. The minimum atomic E-state index is -1.14. The summed E-state index contributed by atoms with van der Waals surface area (Å²) in [5.74, 6) is -0.230. The van der Waals surface area contributed by atoms with Crippen LogP contribution in [0.3, 0.4) is 0 Å². The average molecular weight is 421 g/mol. The first kappa shape index (κ1) is 20.0. The van der Waals surface area contributed by atoms with E-state index >= 15 is 0 Å². The first-order valence-electron chi connectivity index (χ1n) is 10.9. The van der Waals surface area contributed by atoms with Crippen LogP contribution in [0.15, 0.2) is 42.5 Å². The molecule has 162 valence electrons. The molecule has 7 nitrogen and oxygen atoms in total. The summed E-state index contributed by atoms with van der Waals surface area (Å²) in [5, 5.41) is 22.7. The summed E-state index contributed by atoms with van der Waals surface area (Å²) in [6.45, 7) is 1.99. The van der Waals surface area contributed by atoms with Crippen molar-refractivity contribution in [3.8, 4) is 11.1 Å². The maximum Gasteiger partial charge on any atom is 0.254 e. The number of hydrogen-bond acceptors (Lipinski definition) is 5. The largest absolute Gasteiger partial charge is 0.394 e. The van der Waals surface area contributed by atoms with Gasteiger partial charge in [0, 0.05) is 37.4 Å². The number of amides is 2. The van der Waals surface area contributed by atoms with Gasteiger partial charge in [-0.25, -0.2) is 0 Å². The number of hydrogen-bond donors (Lipinski definition) is 3. The Balaban J connectivity index is 1.23. The second-order valence-electron chi connectivity index (χ2n) is 8.79. The van der Waals surface area contributed by atoms with Crippen LogP contribution in [-0.2, 0) is 11.2 Å². The van der Waals surface area contributed by atoms with E-state index in [9.17, 15) is 19.8 Å². The molecule has 2 heterocycles. The Labute approximate surface area is 181 Å². The molecule has 2 aromatic rings. The molecule has 0 spiro atoms. The van der Waals surface area contributed by atoms with Crippen molar-refractivity contribution in [1.29, 1.82) is 0 Å². The summed E-state index contributed by atoms with van der Waals surface area (Å²) < 4.78 is 0. The number of nitrogens with zero attached hydrogens (tertiary/aromatic N) is 2. The Morgan fingerprint density at radius 1 is 0.968 bits per heavy atom. The zero-order valence-electron chi connectivity index (χ0n) is 17.4. The highest BCUT2D eigenvalue weighted by atomic mass is 16.3. The fourth-order valence-corrected chi connectivity index (χ4v) is 4.46. The van der Waals surface area contributed by atoms with E-state index in [0.29, 0.717) is 44.6 Å². The minimum absolute atomic E-state index is 0.0345. The van der Waals surface area contributed by atoms with Crippen LogP contribution < -0.4 is 5.32 Å². The summed E-state index contributed by atoms with van der Waals surface area (Å²) in [5.41, 5.74) is 3.88. The number of aliphatic hydroxyl groups excluding tert-OH is 1. The predicted molar refractivity (Wildman–Crippen MR) is 117 cm³/mol. The Morgan fingerprint density at radius 2 is 1.61 bits per heavy atom. The number of aliphatic hydroxyl groups is 2. The number of carbonyl (C=O) groups is 2. The molecule has 7 heteroatoms. The van der Waals surface area contributed by atoms with E-state index in [-0.39, 0.29) is 24.5 Å². The number of piperazine rings is 1. The van der Waals surface area contributed by atoms with E-state index in [0.717, 1.165) is 23.2 Å². The number of rotatable bonds is 4. The van der Waals surface area contributed by atoms with Crippen molar-refractivity contribution >= 4 is 17.5 Å². The normalized spacial score (nSPS) is 21.4. The van der Waals surface area contributed by atoms with Crippen molar-refractivity contribution in [1.82, 2.24) is 9.80 Å². The molecule has 1 unspecified atom stereocenters. The molecule has 3 N–H and O–H groups in total. The Bertz CT molecular complexity index is 1010. The van der Waals surface area contributed by atoms with Gasteiger partial charge in [-0.3, -0.25) is 9.59 Å². The minimum Gasteiger partial charge on any atom is -0.394 e. The molecule has 2 aromatic carbocycles. The zero-order valence-corrected chi connectivity index (χ0v) is 17.4. The van der Waals surface area contributed by atoms with Crippen molar-refractivity contribution in [2.24, 2.45) is 0 Å². The van der Waals surface area contributed by atoms with Gasteiger partial charge in [0.25, 0.3) is 11.8 Å². The lowest BCUT2D eigenvalue weighted by molar-refractivity contribution is -0.143.